The van der Waals surface area contributed by atoms with Crippen molar-refractivity contribution < 1.29 is 99.5 Å². The minimum absolute atomic E-state index is 0.0108. The summed E-state index contributed by atoms with van der Waals surface area (Å²) in [7, 11) is 20.9. The monoisotopic (exact) mass is 862 g/mol. The van der Waals surface area contributed by atoms with E-state index in [0.29, 0.717) is 0 Å². The zero-order valence-electron chi connectivity index (χ0n) is 37.2. The highest BCUT2D eigenvalue weighted by Crippen LogP contribution is 2.37. The van der Waals surface area contributed by atoms with Crippen LogP contribution in [0.5, 0.6) is 0 Å². The molecule has 3 aliphatic heterocycles. The first-order valence-corrected chi connectivity index (χ1v) is 19.3. The van der Waals surface area contributed by atoms with Crippen molar-refractivity contribution in [3.63, 3.8) is 0 Å². The van der Waals surface area contributed by atoms with E-state index >= 15 is 0 Å². The van der Waals surface area contributed by atoms with Gasteiger partial charge in [-0.2, -0.15) is 0 Å². The molecule has 59 heavy (non-hydrogen) atoms. The molecule has 0 unspecified atom stereocenters. The Morgan fingerprint density at radius 2 is 0.932 bits per heavy atom. The molecule has 21 nitrogen and oxygen atoms in total. The number of hydrogen-bond acceptors (Lipinski definition) is 21. The second-order valence-corrected chi connectivity index (χ2v) is 14.0. The molecule has 0 radical (unpaired) electrons. The van der Waals surface area contributed by atoms with E-state index < -0.39 is 123 Å². The first-order chi connectivity index (χ1) is 28.5. The molecule has 0 N–H and O–H groups in total. The van der Waals surface area contributed by atoms with Gasteiger partial charge >= 0.3 is 5.97 Å². The maximum Gasteiger partial charge on any atom is 0.337 e. The summed E-state index contributed by atoms with van der Waals surface area (Å²) in [4.78, 5) is 13.6. The van der Waals surface area contributed by atoms with Crippen molar-refractivity contribution in [2.75, 3.05) is 119 Å². The van der Waals surface area contributed by atoms with Gasteiger partial charge in [0.15, 0.2) is 25.0 Å². The highest BCUT2D eigenvalue weighted by molar-refractivity contribution is 5.75. The van der Waals surface area contributed by atoms with Crippen LogP contribution in [0.2, 0.25) is 0 Å². The van der Waals surface area contributed by atoms with Crippen LogP contribution in [-0.4, -0.2) is 242 Å². The van der Waals surface area contributed by atoms with Gasteiger partial charge in [0.05, 0.1) is 33.0 Å². The smallest absolute Gasteiger partial charge is 0.337 e. The fourth-order valence-corrected chi connectivity index (χ4v) is 7.96. The van der Waals surface area contributed by atoms with Gasteiger partial charge in [-0.1, -0.05) is 0 Å². The Labute approximate surface area is 348 Å². The molecule has 0 aromatic heterocycles. The SMILES string of the molecule is COC[C@H](OC)[C@H](OC)[C@H](O[C@@H]1O[C@H](COC)[C@@H](O[C@H]2O[C@H](C(=O)OC)[C@@H](O[C@@H]3O[C@H](COC)[C@@H](OC)[C@H](OC)[C@H]3OC)[C@H](OC)[C@H]2OC)[C@H](OC)[C@H]1OC)[C@H](C)OC. The molecule has 0 amide bonds. The molecule has 19 atom stereocenters. The summed E-state index contributed by atoms with van der Waals surface area (Å²) in [6.07, 6.45) is -16.9. The highest BCUT2D eigenvalue weighted by Gasteiger charge is 2.58. The van der Waals surface area contributed by atoms with E-state index in [0.717, 1.165) is 0 Å². The summed E-state index contributed by atoms with van der Waals surface area (Å²) < 4.78 is 120. The van der Waals surface area contributed by atoms with Crippen LogP contribution in [0.4, 0.5) is 0 Å². The molecule has 348 valence electrons. The van der Waals surface area contributed by atoms with Crippen molar-refractivity contribution in [2.45, 2.75) is 123 Å². The zero-order chi connectivity index (χ0) is 43.8. The van der Waals surface area contributed by atoms with Gasteiger partial charge in [0.2, 0.25) is 0 Å². The lowest BCUT2D eigenvalue weighted by Crippen LogP contribution is -2.68. The maximum absolute atomic E-state index is 13.6. The average molecular weight is 863 g/mol. The van der Waals surface area contributed by atoms with Gasteiger partial charge in [0.1, 0.15) is 85.5 Å². The lowest BCUT2D eigenvalue weighted by atomic mass is 9.95. The van der Waals surface area contributed by atoms with Crippen molar-refractivity contribution >= 4 is 5.97 Å². The zero-order valence-corrected chi connectivity index (χ0v) is 37.2. The molecule has 3 heterocycles. The van der Waals surface area contributed by atoms with Gasteiger partial charge < -0.3 is 94.7 Å². The second kappa shape index (κ2) is 26.4. The Kier molecular flexibility index (Phi) is 23.3. The van der Waals surface area contributed by atoms with E-state index in [9.17, 15) is 4.79 Å². The number of carbonyl (C=O) groups excluding carboxylic acids is 1. The number of ether oxygens (including phenoxy) is 20. The molecule has 3 rings (SSSR count). The third-order valence-electron chi connectivity index (χ3n) is 11.0. The molecule has 0 aromatic carbocycles. The number of rotatable bonds is 26. The largest absolute Gasteiger partial charge is 0.467 e. The summed E-state index contributed by atoms with van der Waals surface area (Å²) in [5.41, 5.74) is 0. The van der Waals surface area contributed by atoms with Crippen LogP contribution in [0.25, 0.3) is 0 Å². The fraction of sp³-hybridized carbons (Fsp3) is 0.974. The van der Waals surface area contributed by atoms with Gasteiger partial charge in [-0.25, -0.2) is 4.79 Å². The second-order valence-electron chi connectivity index (χ2n) is 14.0. The van der Waals surface area contributed by atoms with Gasteiger partial charge in [-0.3, -0.25) is 0 Å². The van der Waals surface area contributed by atoms with Crippen LogP contribution in [-0.2, 0) is 99.5 Å². The summed E-state index contributed by atoms with van der Waals surface area (Å²) >= 11 is 0. The molecule has 0 aliphatic carbocycles. The standard InChI is InChI=1S/C38H70O21/c1-19(43-5)23(24(45-7)20(44-6)16-40-2)56-36-33(51-13)28(48-10)26(22(55-36)18-42-4)57-38-34(52-14)29(49-11)30(31(59-38)35(39)53-15)58-37-32(50-12)27(47-9)25(46-8)21(54-37)17-41-3/h19-34,36-38H,16-18H2,1-15H3/t19-,20-,21+,22+,23+,24-,25+,26+,27-,28-,29-,30-,31-,32+,33+,34+,36-,37-,38-/m0/s1. The summed E-state index contributed by atoms with van der Waals surface area (Å²) in [5, 5.41) is 0. The highest BCUT2D eigenvalue weighted by atomic mass is 16.8. The van der Waals surface area contributed by atoms with Crippen molar-refractivity contribution in [3.8, 4) is 0 Å². The normalized spacial score (nSPS) is 37.4. The fourth-order valence-electron chi connectivity index (χ4n) is 7.96. The average Bonchev–Trinajstić information content (AvgIpc) is 3.25. The van der Waals surface area contributed by atoms with Crippen LogP contribution in [0, 0.1) is 0 Å². The van der Waals surface area contributed by atoms with Crippen molar-refractivity contribution in [2.24, 2.45) is 0 Å². The predicted molar refractivity (Wildman–Crippen MR) is 202 cm³/mol. The van der Waals surface area contributed by atoms with Crippen LogP contribution < -0.4 is 0 Å². The van der Waals surface area contributed by atoms with Crippen LogP contribution in [0.3, 0.4) is 0 Å². The molecule has 0 spiro atoms. The first kappa shape index (κ1) is 52.1. The lowest BCUT2D eigenvalue weighted by Gasteiger charge is -2.51. The van der Waals surface area contributed by atoms with E-state index in [1.165, 1.54) is 71.1 Å². The third kappa shape index (κ3) is 12.3. The van der Waals surface area contributed by atoms with E-state index in [2.05, 4.69) is 0 Å². The van der Waals surface area contributed by atoms with Crippen LogP contribution >= 0.6 is 0 Å². The Hall–Kier alpha value is -1.29. The minimum Gasteiger partial charge on any atom is -0.467 e. The number of esters is 1. The Morgan fingerprint density at radius 3 is 1.39 bits per heavy atom. The number of carbonyl (C=O) groups is 1. The first-order valence-electron chi connectivity index (χ1n) is 19.3. The topological polar surface area (TPSA) is 202 Å². The third-order valence-corrected chi connectivity index (χ3v) is 11.0. The van der Waals surface area contributed by atoms with Crippen LogP contribution in [0.1, 0.15) is 6.92 Å². The predicted octanol–water partition coefficient (Wildman–Crippen LogP) is -0.401. The molecule has 0 bridgehead atoms. The molecule has 3 fully saturated rings. The van der Waals surface area contributed by atoms with E-state index in [-0.39, 0.29) is 19.8 Å². The van der Waals surface area contributed by atoms with E-state index in [4.69, 9.17) is 94.7 Å². The minimum atomic E-state index is -1.44. The van der Waals surface area contributed by atoms with Gasteiger partial charge in [-0.15, -0.1) is 0 Å². The quantitative estimate of drug-likeness (QED) is 0.102. The number of hydrogen-bond donors (Lipinski definition) is 0. The summed E-state index contributed by atoms with van der Waals surface area (Å²) in [5.74, 6) is -0.787. The molecular weight excluding hydrogens is 792 g/mol. The van der Waals surface area contributed by atoms with Gasteiger partial charge in [0.25, 0.3) is 0 Å². The number of methoxy groups -OCH3 is 14. The Bertz CT molecular complexity index is 1160. The molecule has 3 saturated heterocycles. The van der Waals surface area contributed by atoms with E-state index in [1.807, 2.05) is 6.92 Å². The molecule has 0 aromatic rings. The van der Waals surface area contributed by atoms with Gasteiger partial charge in [-0.05, 0) is 6.92 Å². The molecule has 21 heteroatoms. The molecular formula is C38H70O21. The Balaban J connectivity index is 2.00. The van der Waals surface area contributed by atoms with E-state index in [1.54, 1.807) is 28.4 Å². The van der Waals surface area contributed by atoms with Gasteiger partial charge in [0, 0.05) is 92.4 Å². The maximum atomic E-state index is 13.6. The summed E-state index contributed by atoms with van der Waals surface area (Å²) in [6.45, 7) is 2.20. The molecule has 3 aliphatic rings. The van der Waals surface area contributed by atoms with Crippen molar-refractivity contribution in [1.82, 2.24) is 0 Å². The molecule has 0 saturated carbocycles. The lowest BCUT2D eigenvalue weighted by molar-refractivity contribution is -0.385. The Morgan fingerprint density at radius 1 is 0.475 bits per heavy atom. The van der Waals surface area contributed by atoms with Crippen LogP contribution in [0.15, 0.2) is 0 Å². The van der Waals surface area contributed by atoms with Crippen molar-refractivity contribution in [3.05, 3.63) is 0 Å². The summed E-state index contributed by atoms with van der Waals surface area (Å²) in [6, 6.07) is 0. The van der Waals surface area contributed by atoms with Crippen molar-refractivity contribution in [1.29, 1.82) is 0 Å².